The Balaban J connectivity index is 0.000000650. The average molecular weight is 412 g/mol. The third-order valence-electron chi connectivity index (χ3n) is 2.86. The lowest BCUT2D eigenvalue weighted by Gasteiger charge is -2.09. The molecule has 0 atom stereocenters. The molecule has 0 fully saturated rings. The molecule has 130 valence electrons. The fourth-order valence-electron chi connectivity index (χ4n) is 1.78. The molecule has 0 saturated heterocycles. The first-order valence-corrected chi connectivity index (χ1v) is 8.75. The Morgan fingerprint density at radius 2 is 1.88 bits per heavy atom. The van der Waals surface area contributed by atoms with E-state index in [4.69, 9.17) is 17.3 Å². The second-order valence-corrected chi connectivity index (χ2v) is 5.71. The highest BCUT2D eigenvalue weighted by molar-refractivity contribution is 9.10. The third-order valence-corrected chi connectivity index (χ3v) is 3.84. The van der Waals surface area contributed by atoms with Crippen molar-refractivity contribution in [2.45, 2.75) is 20.3 Å². The van der Waals surface area contributed by atoms with E-state index in [1.54, 1.807) is 7.05 Å². The van der Waals surface area contributed by atoms with Gasteiger partial charge in [0.1, 0.15) is 6.29 Å². The maximum atomic E-state index is 10.7. The summed E-state index contributed by atoms with van der Waals surface area (Å²) in [6.07, 6.45) is 1.30. The predicted octanol–water partition coefficient (Wildman–Crippen LogP) is 5.17. The van der Waals surface area contributed by atoms with Crippen LogP contribution in [0, 0.1) is 0 Å². The van der Waals surface area contributed by atoms with E-state index in [2.05, 4.69) is 27.8 Å². The van der Waals surface area contributed by atoms with Crippen LogP contribution in [0.5, 0.6) is 0 Å². The average Bonchev–Trinajstić information content (AvgIpc) is 2.59. The molecule has 0 aliphatic heterocycles. The van der Waals surface area contributed by atoms with Gasteiger partial charge in [-0.05, 0) is 34.9 Å². The van der Waals surface area contributed by atoms with Crippen LogP contribution in [0.1, 0.15) is 19.4 Å². The lowest BCUT2D eigenvalue weighted by molar-refractivity contribution is -0.107. The van der Waals surface area contributed by atoms with Crippen LogP contribution < -0.4 is 11.1 Å². The van der Waals surface area contributed by atoms with E-state index < -0.39 is 0 Å². The number of nitrogens with one attached hydrogen (secondary N) is 1. The first-order valence-electron chi connectivity index (χ1n) is 7.58. The fourth-order valence-corrected chi connectivity index (χ4v) is 2.49. The zero-order chi connectivity index (χ0) is 18.5. The van der Waals surface area contributed by atoms with Gasteiger partial charge in [0, 0.05) is 23.0 Å². The molecule has 0 amide bonds. The highest BCUT2D eigenvalue weighted by atomic mass is 79.9. The fraction of sp³-hybridized carbons (Fsp3) is 0.211. The van der Waals surface area contributed by atoms with Gasteiger partial charge in [0.25, 0.3) is 0 Å². The molecule has 3 N–H and O–H groups in total. The maximum absolute atomic E-state index is 10.7. The molecule has 2 aromatic carbocycles. The van der Waals surface area contributed by atoms with Gasteiger partial charge in [0.2, 0.25) is 0 Å². The highest BCUT2D eigenvalue weighted by Gasteiger charge is 2.08. The van der Waals surface area contributed by atoms with Crippen LogP contribution in [0.2, 0.25) is 5.02 Å². The summed E-state index contributed by atoms with van der Waals surface area (Å²) in [6.45, 7) is 7.34. The summed E-state index contributed by atoms with van der Waals surface area (Å²) < 4.78 is 0.946. The van der Waals surface area contributed by atoms with Crippen LogP contribution in [0.4, 0.5) is 0 Å². The standard InChI is InChI=1S/C14H10BrClO.C3H8N2.C2H6/c15-14-6-2-5-12(13(14)7-8-17)10-3-1-4-11(16)9-10;1-3(4)5-2;1-2/h1-6,8-9H,7H2;5H,1,4H2,2H3;1-2H3. The molecule has 0 saturated carbocycles. The predicted molar refractivity (Wildman–Crippen MR) is 108 cm³/mol. The van der Waals surface area contributed by atoms with Gasteiger partial charge in [-0.15, -0.1) is 0 Å². The molecule has 0 aromatic heterocycles. The van der Waals surface area contributed by atoms with Crippen molar-refractivity contribution in [3.8, 4) is 11.1 Å². The Morgan fingerprint density at radius 1 is 1.29 bits per heavy atom. The van der Waals surface area contributed by atoms with Crippen molar-refractivity contribution in [3.63, 3.8) is 0 Å². The minimum atomic E-state index is 0.392. The van der Waals surface area contributed by atoms with E-state index >= 15 is 0 Å². The normalized spacial score (nSPS) is 8.88. The molecule has 0 bridgehead atoms. The number of hydrogen-bond acceptors (Lipinski definition) is 3. The van der Waals surface area contributed by atoms with Crippen molar-refractivity contribution >= 4 is 33.8 Å². The first kappa shape index (κ1) is 22.2. The first-order chi connectivity index (χ1) is 11.5. The van der Waals surface area contributed by atoms with Gasteiger partial charge < -0.3 is 15.8 Å². The van der Waals surface area contributed by atoms with Crippen LogP contribution in [0.3, 0.4) is 0 Å². The summed E-state index contributed by atoms with van der Waals surface area (Å²) in [5, 5.41) is 3.31. The second kappa shape index (κ2) is 12.6. The number of aldehydes is 1. The summed E-state index contributed by atoms with van der Waals surface area (Å²) >= 11 is 9.45. The second-order valence-electron chi connectivity index (χ2n) is 4.42. The van der Waals surface area contributed by atoms with Crippen molar-refractivity contribution in [2.75, 3.05) is 7.05 Å². The van der Waals surface area contributed by atoms with Gasteiger partial charge in [0.15, 0.2) is 0 Å². The van der Waals surface area contributed by atoms with Gasteiger partial charge in [-0.1, -0.05) is 72.2 Å². The number of carbonyl (C=O) groups excluding carboxylic acids is 1. The highest BCUT2D eigenvalue weighted by Crippen LogP contribution is 2.30. The van der Waals surface area contributed by atoms with Crippen LogP contribution >= 0.6 is 27.5 Å². The Bertz CT molecular complexity index is 660. The molecule has 24 heavy (non-hydrogen) atoms. The Labute approximate surface area is 158 Å². The summed E-state index contributed by atoms with van der Waals surface area (Å²) in [5.74, 6) is 0.505. The monoisotopic (exact) mass is 410 g/mol. The van der Waals surface area contributed by atoms with E-state index in [-0.39, 0.29) is 0 Å². The Hall–Kier alpha value is -1.78. The quantitative estimate of drug-likeness (QED) is 0.682. The van der Waals surface area contributed by atoms with E-state index in [1.165, 1.54) is 0 Å². The van der Waals surface area contributed by atoms with Gasteiger partial charge in [-0.25, -0.2) is 0 Å². The molecule has 5 heteroatoms. The Kier molecular flexibility index (Phi) is 11.7. The van der Waals surface area contributed by atoms with Crippen LogP contribution in [-0.4, -0.2) is 13.3 Å². The molecule has 3 nitrogen and oxygen atoms in total. The van der Waals surface area contributed by atoms with Crippen molar-refractivity contribution in [1.29, 1.82) is 0 Å². The number of rotatable bonds is 4. The largest absolute Gasteiger partial charge is 0.386 e. The van der Waals surface area contributed by atoms with Crippen molar-refractivity contribution in [3.05, 3.63) is 69.9 Å². The van der Waals surface area contributed by atoms with Gasteiger partial charge in [-0.2, -0.15) is 0 Å². The smallest absolute Gasteiger partial charge is 0.124 e. The summed E-state index contributed by atoms with van der Waals surface area (Å²) in [7, 11) is 1.72. The number of halogens is 2. The van der Waals surface area contributed by atoms with Crippen LogP contribution in [0.15, 0.2) is 59.3 Å². The van der Waals surface area contributed by atoms with Crippen LogP contribution in [-0.2, 0) is 11.2 Å². The molecular formula is C19H24BrClN2O. The Morgan fingerprint density at radius 3 is 2.38 bits per heavy atom. The van der Waals surface area contributed by atoms with Gasteiger partial charge in [0.05, 0.1) is 5.82 Å². The SMILES string of the molecule is C=C(N)NC.CC.O=CCc1c(Br)cccc1-c1cccc(Cl)c1. The van der Waals surface area contributed by atoms with Gasteiger partial charge >= 0.3 is 0 Å². The van der Waals surface area contributed by atoms with Crippen molar-refractivity contribution < 1.29 is 4.79 Å². The zero-order valence-corrected chi connectivity index (χ0v) is 16.6. The summed E-state index contributed by atoms with van der Waals surface area (Å²) in [4.78, 5) is 10.7. The molecule has 0 aliphatic rings. The van der Waals surface area contributed by atoms with Gasteiger partial charge in [-0.3, -0.25) is 0 Å². The number of carbonyl (C=O) groups is 1. The third kappa shape index (κ3) is 7.66. The molecule has 0 radical (unpaired) electrons. The summed E-state index contributed by atoms with van der Waals surface area (Å²) in [5.41, 5.74) is 8.04. The van der Waals surface area contributed by atoms with E-state index in [0.717, 1.165) is 27.4 Å². The maximum Gasteiger partial charge on any atom is 0.124 e. The molecule has 0 spiro atoms. The molecule has 0 aliphatic carbocycles. The lowest BCUT2D eigenvalue weighted by Crippen LogP contribution is -2.11. The molecular weight excluding hydrogens is 388 g/mol. The number of nitrogens with two attached hydrogens (primary N) is 1. The van der Waals surface area contributed by atoms with E-state index in [1.807, 2.05) is 56.3 Å². The zero-order valence-electron chi connectivity index (χ0n) is 14.3. The molecule has 0 unspecified atom stereocenters. The van der Waals surface area contributed by atoms with E-state index in [9.17, 15) is 4.79 Å². The minimum Gasteiger partial charge on any atom is -0.386 e. The minimum absolute atomic E-state index is 0.392. The molecule has 0 heterocycles. The van der Waals surface area contributed by atoms with Crippen molar-refractivity contribution in [2.24, 2.45) is 5.73 Å². The molecule has 2 rings (SSSR count). The number of hydrogen-bond donors (Lipinski definition) is 2. The topological polar surface area (TPSA) is 55.1 Å². The van der Waals surface area contributed by atoms with Crippen LogP contribution in [0.25, 0.3) is 11.1 Å². The lowest BCUT2D eigenvalue weighted by atomic mass is 9.98. The van der Waals surface area contributed by atoms with Crippen molar-refractivity contribution in [1.82, 2.24) is 5.32 Å². The van der Waals surface area contributed by atoms with E-state index in [0.29, 0.717) is 17.3 Å². The molecule has 2 aromatic rings. The summed E-state index contributed by atoms with van der Waals surface area (Å²) in [6, 6.07) is 13.5. The number of benzene rings is 2.